The van der Waals surface area contributed by atoms with E-state index in [9.17, 15) is 0 Å². The second-order valence-corrected chi connectivity index (χ2v) is 6.44. The van der Waals surface area contributed by atoms with Gasteiger partial charge in [-0.15, -0.1) is 24.0 Å². The molecule has 0 aromatic heterocycles. The highest BCUT2D eigenvalue weighted by molar-refractivity contribution is 14.0. The number of aliphatic imine (C=N–C) groups is 1. The van der Waals surface area contributed by atoms with Gasteiger partial charge in [0.25, 0.3) is 0 Å². The molecule has 2 aromatic rings. The molecule has 2 rings (SSSR count). The molecule has 2 N–H and O–H groups in total. The van der Waals surface area contributed by atoms with Gasteiger partial charge in [0.05, 0.1) is 13.7 Å². The van der Waals surface area contributed by atoms with Crippen LogP contribution in [0.1, 0.15) is 24.8 Å². The van der Waals surface area contributed by atoms with Gasteiger partial charge in [0.1, 0.15) is 11.5 Å². The average Bonchev–Trinajstić information content (AvgIpc) is 2.74. The van der Waals surface area contributed by atoms with E-state index < -0.39 is 0 Å². The summed E-state index contributed by atoms with van der Waals surface area (Å²) in [6, 6.07) is 15.9. The molecule has 29 heavy (non-hydrogen) atoms. The largest absolute Gasteiger partial charge is 0.496 e. The first-order valence-electron chi connectivity index (χ1n) is 9.50. The number of nitrogens with one attached hydrogen (secondary N) is 2. The molecule has 0 fully saturated rings. The number of ether oxygens (including phenoxy) is 3. The molecule has 1 atom stereocenters. The predicted octanol–water partition coefficient (Wildman–Crippen LogP) is 4.52. The van der Waals surface area contributed by atoms with Gasteiger partial charge in [0, 0.05) is 51.4 Å². The molecular formula is C22H32IN3O3. The molecule has 0 aliphatic heterocycles. The van der Waals surface area contributed by atoms with Crippen LogP contribution in [-0.4, -0.2) is 47.0 Å². The Bertz CT molecular complexity index is 756. The van der Waals surface area contributed by atoms with Crippen molar-refractivity contribution >= 4 is 35.6 Å². The van der Waals surface area contributed by atoms with Crippen molar-refractivity contribution in [2.24, 2.45) is 4.99 Å². The molecule has 0 aliphatic rings. The smallest absolute Gasteiger partial charge is 0.195 e. The zero-order valence-electron chi connectivity index (χ0n) is 17.6. The van der Waals surface area contributed by atoms with Gasteiger partial charge in [-0.1, -0.05) is 31.2 Å². The van der Waals surface area contributed by atoms with E-state index in [1.54, 1.807) is 21.3 Å². The number of methoxy groups -OCH3 is 2. The highest BCUT2D eigenvalue weighted by Gasteiger charge is 2.11. The molecule has 0 heterocycles. The lowest BCUT2D eigenvalue weighted by atomic mass is 10.0. The summed E-state index contributed by atoms with van der Waals surface area (Å²) in [4.78, 5) is 4.31. The van der Waals surface area contributed by atoms with Gasteiger partial charge >= 0.3 is 0 Å². The van der Waals surface area contributed by atoms with Crippen LogP contribution in [0.2, 0.25) is 0 Å². The Morgan fingerprint density at radius 1 is 1.07 bits per heavy atom. The molecule has 2 aromatic carbocycles. The van der Waals surface area contributed by atoms with Crippen molar-refractivity contribution < 1.29 is 14.2 Å². The Labute approximate surface area is 191 Å². The van der Waals surface area contributed by atoms with Crippen LogP contribution in [0.5, 0.6) is 11.5 Å². The summed E-state index contributed by atoms with van der Waals surface area (Å²) in [5.74, 6) is 2.69. The molecule has 0 radical (unpaired) electrons. The van der Waals surface area contributed by atoms with E-state index in [2.05, 4.69) is 28.6 Å². The van der Waals surface area contributed by atoms with E-state index >= 15 is 0 Å². The van der Waals surface area contributed by atoms with Crippen LogP contribution in [0.3, 0.4) is 0 Å². The van der Waals surface area contributed by atoms with Gasteiger partial charge in [-0.05, 0) is 23.8 Å². The van der Waals surface area contributed by atoms with Crippen molar-refractivity contribution in [1.82, 2.24) is 5.32 Å². The molecule has 0 saturated heterocycles. The van der Waals surface area contributed by atoms with Gasteiger partial charge in [-0.3, -0.25) is 4.99 Å². The zero-order valence-corrected chi connectivity index (χ0v) is 19.9. The maximum Gasteiger partial charge on any atom is 0.195 e. The van der Waals surface area contributed by atoms with Crippen LogP contribution in [0.4, 0.5) is 5.69 Å². The van der Waals surface area contributed by atoms with E-state index in [0.29, 0.717) is 19.2 Å². The highest BCUT2D eigenvalue weighted by Crippen LogP contribution is 2.25. The van der Waals surface area contributed by atoms with Crippen molar-refractivity contribution in [1.29, 1.82) is 0 Å². The van der Waals surface area contributed by atoms with Crippen LogP contribution < -0.4 is 20.1 Å². The molecule has 0 amide bonds. The first-order valence-corrected chi connectivity index (χ1v) is 9.50. The van der Waals surface area contributed by atoms with Crippen molar-refractivity contribution in [2.75, 3.05) is 46.3 Å². The minimum Gasteiger partial charge on any atom is -0.496 e. The molecule has 0 aliphatic carbocycles. The molecule has 1 unspecified atom stereocenters. The van der Waals surface area contributed by atoms with Gasteiger partial charge in [0.2, 0.25) is 0 Å². The number of hydrogen-bond donors (Lipinski definition) is 2. The van der Waals surface area contributed by atoms with Crippen LogP contribution in [-0.2, 0) is 4.74 Å². The van der Waals surface area contributed by atoms with E-state index in [-0.39, 0.29) is 29.9 Å². The Kier molecular flexibility index (Phi) is 12.1. The summed E-state index contributed by atoms with van der Waals surface area (Å²) in [7, 11) is 5.15. The molecule has 7 heteroatoms. The van der Waals surface area contributed by atoms with Crippen LogP contribution >= 0.6 is 24.0 Å². The topological polar surface area (TPSA) is 64.1 Å². The minimum atomic E-state index is 0. The summed E-state index contributed by atoms with van der Waals surface area (Å²) in [6.45, 7) is 4.21. The first-order chi connectivity index (χ1) is 13.7. The third kappa shape index (κ3) is 8.49. The second kappa shape index (κ2) is 14.1. The Balaban J connectivity index is 0.00000420. The maximum absolute atomic E-state index is 5.75. The normalized spacial score (nSPS) is 11.9. The van der Waals surface area contributed by atoms with Crippen LogP contribution in [0.25, 0.3) is 0 Å². The SMILES string of the molecule is CN=C(NCC(C)c1ccccc1OC)Nc1cccc(OCCCOC)c1.I. The summed E-state index contributed by atoms with van der Waals surface area (Å²) in [5, 5.41) is 6.68. The van der Waals surface area contributed by atoms with Crippen molar-refractivity contribution in [3.05, 3.63) is 54.1 Å². The van der Waals surface area contributed by atoms with Crippen molar-refractivity contribution in [3.8, 4) is 11.5 Å². The van der Waals surface area contributed by atoms with Gasteiger partial charge in [-0.25, -0.2) is 0 Å². The summed E-state index contributed by atoms with van der Waals surface area (Å²) < 4.78 is 16.3. The number of benzene rings is 2. The highest BCUT2D eigenvalue weighted by atomic mass is 127. The Morgan fingerprint density at radius 3 is 2.59 bits per heavy atom. The number of halogens is 1. The van der Waals surface area contributed by atoms with Crippen molar-refractivity contribution in [2.45, 2.75) is 19.3 Å². The van der Waals surface area contributed by atoms with Gasteiger partial charge in [-0.2, -0.15) is 0 Å². The minimum absolute atomic E-state index is 0. The summed E-state index contributed by atoms with van der Waals surface area (Å²) >= 11 is 0. The molecule has 160 valence electrons. The fourth-order valence-corrected chi connectivity index (χ4v) is 2.81. The standard InChI is InChI=1S/C22H31N3O3.HI/c1-17(20-11-5-6-12-21(20)27-4)16-24-22(23-2)25-18-9-7-10-19(15-18)28-14-8-13-26-3;/h5-7,9-12,15,17H,8,13-14,16H2,1-4H3,(H2,23,24,25);1H. The molecule has 0 spiro atoms. The third-order valence-corrected chi connectivity index (χ3v) is 4.33. The van der Waals surface area contributed by atoms with Crippen LogP contribution in [0.15, 0.2) is 53.5 Å². The van der Waals surface area contributed by atoms with E-state index in [1.165, 1.54) is 5.56 Å². The summed E-state index contributed by atoms with van der Waals surface area (Å²) in [6.07, 6.45) is 0.859. The number of hydrogen-bond acceptors (Lipinski definition) is 4. The number of rotatable bonds is 10. The third-order valence-electron chi connectivity index (χ3n) is 4.33. The first kappa shape index (κ1) is 25.0. The van der Waals surface area contributed by atoms with Crippen LogP contribution in [0, 0.1) is 0 Å². The summed E-state index contributed by atoms with van der Waals surface area (Å²) in [5.41, 5.74) is 2.08. The molecule has 0 saturated carbocycles. The molecular weight excluding hydrogens is 481 g/mol. The predicted molar refractivity (Wildman–Crippen MR) is 130 cm³/mol. The van der Waals surface area contributed by atoms with Crippen molar-refractivity contribution in [3.63, 3.8) is 0 Å². The lowest BCUT2D eigenvalue weighted by Crippen LogP contribution is -2.33. The number of nitrogens with zero attached hydrogens (tertiary/aromatic N) is 1. The second-order valence-electron chi connectivity index (χ2n) is 6.44. The Hall–Kier alpha value is -2.00. The monoisotopic (exact) mass is 513 g/mol. The average molecular weight is 513 g/mol. The van der Waals surface area contributed by atoms with E-state index in [1.807, 2.05) is 42.5 Å². The maximum atomic E-state index is 5.75. The molecule has 0 bridgehead atoms. The molecule has 6 nitrogen and oxygen atoms in total. The lowest BCUT2D eigenvalue weighted by molar-refractivity contribution is 0.172. The Morgan fingerprint density at radius 2 is 1.86 bits per heavy atom. The van der Waals surface area contributed by atoms with Gasteiger partial charge < -0.3 is 24.8 Å². The number of guanidine groups is 1. The van der Waals surface area contributed by atoms with E-state index in [0.717, 1.165) is 30.2 Å². The number of anilines is 1. The lowest BCUT2D eigenvalue weighted by Gasteiger charge is -2.18. The quantitative estimate of drug-likeness (QED) is 0.212. The zero-order chi connectivity index (χ0) is 20.2. The van der Waals surface area contributed by atoms with Gasteiger partial charge in [0.15, 0.2) is 5.96 Å². The van der Waals surface area contributed by atoms with E-state index in [4.69, 9.17) is 14.2 Å². The fraction of sp³-hybridized carbons (Fsp3) is 0.409. The fourth-order valence-electron chi connectivity index (χ4n) is 2.81. The number of para-hydroxylation sites is 1.